The number of hydrogen-bond acceptors (Lipinski definition) is 1. The molecule has 0 fully saturated rings. The van der Waals surface area contributed by atoms with Crippen LogP contribution in [0, 0.1) is 0 Å². The van der Waals surface area contributed by atoms with Gasteiger partial charge in [-0.25, -0.2) is 0 Å². The van der Waals surface area contributed by atoms with Crippen LogP contribution in [0.1, 0.15) is 45.4 Å². The van der Waals surface area contributed by atoms with Crippen molar-refractivity contribution in [2.24, 2.45) is 0 Å². The summed E-state index contributed by atoms with van der Waals surface area (Å²) in [5.41, 5.74) is 0. The van der Waals surface area contributed by atoms with Gasteiger partial charge in [0, 0.05) is 6.61 Å². The molecule has 1 N–H and O–H groups in total. The highest BCUT2D eigenvalue weighted by atomic mass is 16.2. The van der Waals surface area contributed by atoms with E-state index in [-0.39, 0.29) is 6.61 Å². The van der Waals surface area contributed by atoms with E-state index in [9.17, 15) is 0 Å². The Morgan fingerprint density at radius 3 is 2.23 bits per heavy atom. The van der Waals surface area contributed by atoms with Crippen LogP contribution < -0.4 is 0 Å². The molecular weight excluding hydrogens is 160 g/mol. The van der Waals surface area contributed by atoms with Gasteiger partial charge in [0.05, 0.1) is 0 Å². The fourth-order valence-electron chi connectivity index (χ4n) is 1.09. The maximum Gasteiger partial charge on any atom is 0.0465 e. The molecule has 0 unspecified atom stereocenters. The Labute approximate surface area is 82.2 Å². The Morgan fingerprint density at radius 2 is 1.62 bits per heavy atom. The first-order chi connectivity index (χ1) is 6.41. The van der Waals surface area contributed by atoms with Gasteiger partial charge in [-0.05, 0) is 25.7 Å². The summed E-state index contributed by atoms with van der Waals surface area (Å²) < 4.78 is 0. The monoisotopic (exact) mass is 182 g/mol. The van der Waals surface area contributed by atoms with Gasteiger partial charge in [0.25, 0.3) is 0 Å². The second-order valence-corrected chi connectivity index (χ2v) is 3.19. The Hall–Kier alpha value is -0.560. The van der Waals surface area contributed by atoms with Crippen molar-refractivity contribution in [1.82, 2.24) is 0 Å². The summed E-state index contributed by atoms with van der Waals surface area (Å²) in [6.07, 6.45) is 15.5. The van der Waals surface area contributed by atoms with Crippen LogP contribution in [0.3, 0.4) is 0 Å². The SMILES string of the molecule is CCCCC/C=C\C/C=C\CCO. The lowest BCUT2D eigenvalue weighted by atomic mass is 10.2. The molecule has 0 amide bonds. The van der Waals surface area contributed by atoms with Gasteiger partial charge in [-0.1, -0.05) is 44.1 Å². The highest BCUT2D eigenvalue weighted by molar-refractivity contribution is 4.92. The lowest BCUT2D eigenvalue weighted by molar-refractivity contribution is 0.302. The fraction of sp³-hybridized carbons (Fsp3) is 0.667. The van der Waals surface area contributed by atoms with E-state index in [1.54, 1.807) is 0 Å². The third kappa shape index (κ3) is 11.4. The molecule has 1 nitrogen and oxygen atoms in total. The van der Waals surface area contributed by atoms with Crippen LogP contribution in [0.25, 0.3) is 0 Å². The van der Waals surface area contributed by atoms with Crippen LogP contribution >= 0.6 is 0 Å². The summed E-state index contributed by atoms with van der Waals surface area (Å²) in [6, 6.07) is 0. The van der Waals surface area contributed by atoms with Crippen molar-refractivity contribution in [2.75, 3.05) is 6.61 Å². The molecule has 0 aromatic heterocycles. The highest BCUT2D eigenvalue weighted by Crippen LogP contribution is 2.00. The molecule has 0 atom stereocenters. The molecule has 0 bridgehead atoms. The number of rotatable bonds is 8. The van der Waals surface area contributed by atoms with Crippen LogP contribution in [-0.2, 0) is 0 Å². The average molecular weight is 182 g/mol. The molecule has 0 spiro atoms. The number of allylic oxidation sites excluding steroid dienone is 3. The van der Waals surface area contributed by atoms with Crippen LogP contribution in [0.2, 0.25) is 0 Å². The summed E-state index contributed by atoms with van der Waals surface area (Å²) >= 11 is 0. The first-order valence-corrected chi connectivity index (χ1v) is 5.32. The molecule has 0 aliphatic carbocycles. The average Bonchev–Trinajstić information content (AvgIpc) is 2.16. The minimum absolute atomic E-state index is 0.261. The van der Waals surface area contributed by atoms with Gasteiger partial charge in [-0.3, -0.25) is 0 Å². The van der Waals surface area contributed by atoms with Gasteiger partial charge < -0.3 is 5.11 Å². The summed E-state index contributed by atoms with van der Waals surface area (Å²) in [7, 11) is 0. The first-order valence-electron chi connectivity index (χ1n) is 5.32. The van der Waals surface area contributed by atoms with E-state index >= 15 is 0 Å². The molecule has 0 rings (SSSR count). The van der Waals surface area contributed by atoms with E-state index in [4.69, 9.17) is 5.11 Å². The lowest BCUT2D eigenvalue weighted by Crippen LogP contribution is -1.74. The number of aliphatic hydroxyl groups is 1. The zero-order valence-electron chi connectivity index (χ0n) is 8.71. The van der Waals surface area contributed by atoms with Crippen molar-refractivity contribution in [2.45, 2.75) is 45.4 Å². The molecule has 1 heteroatoms. The van der Waals surface area contributed by atoms with Gasteiger partial charge in [0.1, 0.15) is 0 Å². The standard InChI is InChI=1S/C12H22O/c1-2-3-4-5-6-7-8-9-10-11-12-13/h6-7,9-10,13H,2-5,8,11-12H2,1H3/b7-6-,10-9-. The molecule has 0 saturated heterocycles. The number of aliphatic hydroxyl groups excluding tert-OH is 1. The van der Waals surface area contributed by atoms with E-state index in [1.807, 2.05) is 6.08 Å². The predicted molar refractivity (Wildman–Crippen MR) is 58.7 cm³/mol. The molecule has 13 heavy (non-hydrogen) atoms. The zero-order chi connectivity index (χ0) is 9.78. The van der Waals surface area contributed by atoms with E-state index in [2.05, 4.69) is 25.2 Å². The molecule has 0 radical (unpaired) electrons. The summed E-state index contributed by atoms with van der Waals surface area (Å²) in [5, 5.41) is 8.50. The molecule has 0 aromatic carbocycles. The van der Waals surface area contributed by atoms with Gasteiger partial charge in [0.2, 0.25) is 0 Å². The second kappa shape index (κ2) is 11.4. The Morgan fingerprint density at radius 1 is 0.923 bits per heavy atom. The molecule has 76 valence electrons. The molecule has 0 saturated carbocycles. The third-order valence-electron chi connectivity index (χ3n) is 1.88. The van der Waals surface area contributed by atoms with Gasteiger partial charge in [-0.2, -0.15) is 0 Å². The third-order valence-corrected chi connectivity index (χ3v) is 1.88. The predicted octanol–water partition coefficient (Wildman–Crippen LogP) is 3.45. The smallest absolute Gasteiger partial charge is 0.0465 e. The van der Waals surface area contributed by atoms with Gasteiger partial charge >= 0.3 is 0 Å². The normalized spacial score (nSPS) is 11.8. The Bertz CT molecular complexity index is 136. The summed E-state index contributed by atoms with van der Waals surface area (Å²) in [5.74, 6) is 0. The van der Waals surface area contributed by atoms with Crippen molar-refractivity contribution in [1.29, 1.82) is 0 Å². The van der Waals surface area contributed by atoms with Crippen molar-refractivity contribution in [3.63, 3.8) is 0 Å². The zero-order valence-corrected chi connectivity index (χ0v) is 8.71. The maximum atomic E-state index is 8.50. The lowest BCUT2D eigenvalue weighted by Gasteiger charge is -1.90. The topological polar surface area (TPSA) is 20.2 Å². The van der Waals surface area contributed by atoms with Crippen molar-refractivity contribution < 1.29 is 5.11 Å². The van der Waals surface area contributed by atoms with Crippen LogP contribution in [0.15, 0.2) is 24.3 Å². The molecule has 0 aliphatic heterocycles. The second-order valence-electron chi connectivity index (χ2n) is 3.19. The maximum absolute atomic E-state index is 8.50. The minimum Gasteiger partial charge on any atom is -0.396 e. The van der Waals surface area contributed by atoms with Gasteiger partial charge in [-0.15, -0.1) is 0 Å². The quantitative estimate of drug-likeness (QED) is 0.450. The van der Waals surface area contributed by atoms with Gasteiger partial charge in [0.15, 0.2) is 0 Å². The van der Waals surface area contributed by atoms with E-state index in [0.717, 1.165) is 12.8 Å². The van der Waals surface area contributed by atoms with E-state index in [0.29, 0.717) is 0 Å². The molecule has 0 aromatic rings. The van der Waals surface area contributed by atoms with Crippen LogP contribution in [0.5, 0.6) is 0 Å². The molecule has 0 aliphatic rings. The van der Waals surface area contributed by atoms with Crippen LogP contribution in [-0.4, -0.2) is 11.7 Å². The summed E-state index contributed by atoms with van der Waals surface area (Å²) in [4.78, 5) is 0. The number of unbranched alkanes of at least 4 members (excludes halogenated alkanes) is 3. The minimum atomic E-state index is 0.261. The van der Waals surface area contributed by atoms with E-state index in [1.165, 1.54) is 25.7 Å². The fourth-order valence-corrected chi connectivity index (χ4v) is 1.09. The first kappa shape index (κ1) is 12.4. The summed E-state index contributed by atoms with van der Waals surface area (Å²) in [6.45, 7) is 2.48. The largest absolute Gasteiger partial charge is 0.396 e. The number of hydrogen-bond donors (Lipinski definition) is 1. The highest BCUT2D eigenvalue weighted by Gasteiger charge is 1.80. The Balaban J connectivity index is 3.11. The van der Waals surface area contributed by atoms with Crippen molar-refractivity contribution >= 4 is 0 Å². The van der Waals surface area contributed by atoms with Crippen molar-refractivity contribution in [3.05, 3.63) is 24.3 Å². The van der Waals surface area contributed by atoms with Crippen molar-refractivity contribution in [3.8, 4) is 0 Å². The Kier molecular flexibility index (Phi) is 10.9. The van der Waals surface area contributed by atoms with Crippen LogP contribution in [0.4, 0.5) is 0 Å². The molecule has 0 heterocycles. The molecular formula is C12H22O. The van der Waals surface area contributed by atoms with E-state index < -0.39 is 0 Å².